The molecule has 6 heteroatoms. The molecule has 0 aliphatic heterocycles. The second-order valence-corrected chi connectivity index (χ2v) is 5.56. The average Bonchev–Trinajstić information content (AvgIpc) is 3.06. The van der Waals surface area contributed by atoms with Crippen LogP contribution in [-0.4, -0.2) is 25.5 Å². The van der Waals surface area contributed by atoms with Crippen molar-refractivity contribution in [1.29, 1.82) is 0 Å². The number of carbonyl (C=O) groups is 1. The number of aldehydes is 1. The molecule has 0 aliphatic rings. The number of aromatic nitrogens is 1. The van der Waals surface area contributed by atoms with Crippen LogP contribution in [-0.2, 0) is 6.61 Å². The van der Waals surface area contributed by atoms with Crippen molar-refractivity contribution in [3.8, 4) is 28.7 Å². The molecule has 0 radical (unpaired) electrons. The van der Waals surface area contributed by atoms with Gasteiger partial charge >= 0.3 is 0 Å². The summed E-state index contributed by atoms with van der Waals surface area (Å²) < 4.78 is 22.1. The highest BCUT2D eigenvalue weighted by Gasteiger charge is 2.16. The van der Waals surface area contributed by atoms with E-state index in [1.54, 1.807) is 44.6 Å². The fourth-order valence-corrected chi connectivity index (χ4v) is 2.45. The maximum Gasteiger partial charge on any atom is 0.230 e. The monoisotopic (exact) mass is 353 g/mol. The summed E-state index contributed by atoms with van der Waals surface area (Å²) in [5.74, 6) is 3.08. The Morgan fingerprint density at radius 2 is 1.77 bits per heavy atom. The molecule has 0 bridgehead atoms. The number of methoxy groups -OCH3 is 2. The number of oxazole rings is 1. The summed E-state index contributed by atoms with van der Waals surface area (Å²) >= 11 is 0. The van der Waals surface area contributed by atoms with Crippen LogP contribution in [0.25, 0.3) is 11.5 Å². The topological polar surface area (TPSA) is 70.8 Å². The first-order chi connectivity index (χ1) is 12.6. The van der Waals surface area contributed by atoms with Crippen LogP contribution in [0.2, 0.25) is 0 Å². The Hall–Kier alpha value is -3.28. The number of rotatable bonds is 7. The zero-order valence-corrected chi connectivity index (χ0v) is 14.8. The molecule has 0 spiro atoms. The van der Waals surface area contributed by atoms with Crippen molar-refractivity contribution in [1.82, 2.24) is 4.98 Å². The first-order valence-electron chi connectivity index (χ1n) is 8.01. The van der Waals surface area contributed by atoms with Gasteiger partial charge in [-0.3, -0.25) is 4.79 Å². The molecule has 0 fully saturated rings. The van der Waals surface area contributed by atoms with Gasteiger partial charge in [0, 0.05) is 11.6 Å². The highest BCUT2D eigenvalue weighted by molar-refractivity contribution is 5.74. The minimum absolute atomic E-state index is 0.258. The maximum atomic E-state index is 10.7. The van der Waals surface area contributed by atoms with Gasteiger partial charge < -0.3 is 18.6 Å². The molecule has 26 heavy (non-hydrogen) atoms. The van der Waals surface area contributed by atoms with Crippen molar-refractivity contribution < 1.29 is 23.4 Å². The highest BCUT2D eigenvalue weighted by Crippen LogP contribution is 2.33. The lowest BCUT2D eigenvalue weighted by Gasteiger charge is -2.07. The summed E-state index contributed by atoms with van der Waals surface area (Å²) in [7, 11) is 3.18. The smallest absolute Gasteiger partial charge is 0.230 e. The van der Waals surface area contributed by atoms with E-state index < -0.39 is 0 Å². The highest BCUT2D eigenvalue weighted by atomic mass is 16.5. The Kier molecular flexibility index (Phi) is 5.22. The van der Waals surface area contributed by atoms with Gasteiger partial charge in [-0.1, -0.05) is 0 Å². The van der Waals surface area contributed by atoms with Gasteiger partial charge in [0.25, 0.3) is 0 Å². The predicted octanol–water partition coefficient (Wildman–Crippen LogP) is 4.06. The zero-order chi connectivity index (χ0) is 18.5. The number of nitrogens with zero attached hydrogens (tertiary/aromatic N) is 1. The van der Waals surface area contributed by atoms with E-state index >= 15 is 0 Å². The third-order valence-corrected chi connectivity index (χ3v) is 3.92. The fraction of sp³-hybridized carbons (Fsp3) is 0.200. The van der Waals surface area contributed by atoms with Gasteiger partial charge in [0.05, 0.1) is 19.8 Å². The third kappa shape index (κ3) is 3.69. The van der Waals surface area contributed by atoms with Gasteiger partial charge in [-0.15, -0.1) is 0 Å². The molecule has 3 rings (SSSR count). The zero-order valence-electron chi connectivity index (χ0n) is 14.8. The maximum absolute atomic E-state index is 10.7. The van der Waals surface area contributed by atoms with E-state index in [1.165, 1.54) is 0 Å². The number of ether oxygens (including phenoxy) is 3. The standard InChI is InChI=1S/C20H19NO5/c1-13-18(12-25-15-6-4-14(11-22)5-7-15)21-20(26-13)17-9-8-16(23-2)10-19(17)24-3/h4-11H,12H2,1-3H3. The van der Waals surface area contributed by atoms with Crippen LogP contribution in [0.1, 0.15) is 21.8 Å². The first kappa shape index (κ1) is 17.5. The average molecular weight is 353 g/mol. The number of hydrogen-bond donors (Lipinski definition) is 0. The van der Waals surface area contributed by atoms with E-state index in [1.807, 2.05) is 19.1 Å². The predicted molar refractivity (Wildman–Crippen MR) is 95.9 cm³/mol. The molecule has 0 unspecified atom stereocenters. The summed E-state index contributed by atoms with van der Waals surface area (Å²) in [4.78, 5) is 15.2. The number of hydrogen-bond acceptors (Lipinski definition) is 6. The summed E-state index contributed by atoms with van der Waals surface area (Å²) in [6.07, 6.45) is 0.792. The van der Waals surface area contributed by atoms with E-state index in [2.05, 4.69) is 4.98 Å². The quantitative estimate of drug-likeness (QED) is 0.597. The van der Waals surface area contributed by atoms with Crippen LogP contribution in [0, 0.1) is 6.92 Å². The molecule has 6 nitrogen and oxygen atoms in total. The molecule has 0 N–H and O–H groups in total. The van der Waals surface area contributed by atoms with Crippen LogP contribution in [0.3, 0.4) is 0 Å². The Morgan fingerprint density at radius 1 is 1.04 bits per heavy atom. The van der Waals surface area contributed by atoms with Gasteiger partial charge in [-0.2, -0.15) is 0 Å². The third-order valence-electron chi connectivity index (χ3n) is 3.92. The second-order valence-electron chi connectivity index (χ2n) is 5.56. The van der Waals surface area contributed by atoms with Crippen LogP contribution < -0.4 is 14.2 Å². The van der Waals surface area contributed by atoms with Crippen molar-refractivity contribution in [2.45, 2.75) is 13.5 Å². The lowest BCUT2D eigenvalue weighted by atomic mass is 10.2. The Bertz CT molecular complexity index is 899. The van der Waals surface area contributed by atoms with Gasteiger partial charge in [0.15, 0.2) is 0 Å². The number of aryl methyl sites for hydroxylation is 1. The van der Waals surface area contributed by atoms with Crippen molar-refractivity contribution in [2.75, 3.05) is 14.2 Å². The van der Waals surface area contributed by atoms with Crippen molar-refractivity contribution in [3.05, 3.63) is 59.5 Å². The van der Waals surface area contributed by atoms with Gasteiger partial charge in [0.1, 0.15) is 41.6 Å². The van der Waals surface area contributed by atoms with E-state index in [9.17, 15) is 4.79 Å². The molecule has 134 valence electrons. The van der Waals surface area contributed by atoms with E-state index in [4.69, 9.17) is 18.6 Å². The minimum atomic E-state index is 0.258. The Morgan fingerprint density at radius 3 is 2.42 bits per heavy atom. The van der Waals surface area contributed by atoms with Crippen LogP contribution >= 0.6 is 0 Å². The SMILES string of the molecule is COc1ccc(-c2nc(COc3ccc(C=O)cc3)c(C)o2)c(OC)c1. The van der Waals surface area contributed by atoms with E-state index in [0.717, 1.165) is 11.8 Å². The largest absolute Gasteiger partial charge is 0.497 e. The van der Waals surface area contributed by atoms with Gasteiger partial charge in [-0.05, 0) is 43.3 Å². The molecule has 0 atom stereocenters. The molecular formula is C20H19NO5. The number of carbonyl (C=O) groups excluding carboxylic acids is 1. The lowest BCUT2D eigenvalue weighted by molar-refractivity contribution is 0.112. The molecule has 2 aromatic carbocycles. The molecular weight excluding hydrogens is 334 g/mol. The minimum Gasteiger partial charge on any atom is -0.497 e. The molecule has 0 saturated carbocycles. The summed E-state index contributed by atoms with van der Waals surface area (Å²) in [5, 5.41) is 0. The van der Waals surface area contributed by atoms with Crippen LogP contribution in [0.15, 0.2) is 46.9 Å². The lowest BCUT2D eigenvalue weighted by Crippen LogP contribution is -1.98. The summed E-state index contributed by atoms with van der Waals surface area (Å²) in [5.41, 5.74) is 2.03. The molecule has 3 aromatic rings. The summed E-state index contributed by atoms with van der Waals surface area (Å²) in [6.45, 7) is 2.09. The van der Waals surface area contributed by atoms with Crippen molar-refractivity contribution in [3.63, 3.8) is 0 Å². The normalized spacial score (nSPS) is 10.4. The fourth-order valence-electron chi connectivity index (χ4n) is 2.45. The van der Waals surface area contributed by atoms with E-state index in [0.29, 0.717) is 40.2 Å². The summed E-state index contributed by atoms with van der Waals surface area (Å²) in [6, 6.07) is 12.3. The molecule has 1 aromatic heterocycles. The second kappa shape index (κ2) is 7.74. The van der Waals surface area contributed by atoms with Gasteiger partial charge in [0.2, 0.25) is 5.89 Å². The Balaban J connectivity index is 1.79. The molecule has 0 saturated heterocycles. The van der Waals surface area contributed by atoms with Gasteiger partial charge in [-0.25, -0.2) is 4.98 Å². The van der Waals surface area contributed by atoms with E-state index in [-0.39, 0.29) is 6.61 Å². The van der Waals surface area contributed by atoms with Crippen molar-refractivity contribution in [2.24, 2.45) is 0 Å². The molecule has 1 heterocycles. The van der Waals surface area contributed by atoms with Crippen LogP contribution in [0.4, 0.5) is 0 Å². The van der Waals surface area contributed by atoms with Crippen molar-refractivity contribution >= 4 is 6.29 Å². The number of benzene rings is 2. The van der Waals surface area contributed by atoms with Crippen LogP contribution in [0.5, 0.6) is 17.2 Å². The molecule has 0 aliphatic carbocycles. The molecule has 0 amide bonds. The first-order valence-corrected chi connectivity index (χ1v) is 8.01. The Labute approximate surface area is 151 Å².